The number of carbonyl (C=O) groups is 3. The molecule has 0 bridgehead atoms. The van der Waals surface area contributed by atoms with Crippen molar-refractivity contribution in [3.63, 3.8) is 0 Å². The van der Waals surface area contributed by atoms with Crippen molar-refractivity contribution in [3.8, 4) is 5.75 Å². The number of anilines is 1. The van der Waals surface area contributed by atoms with E-state index in [4.69, 9.17) is 4.74 Å². The van der Waals surface area contributed by atoms with Crippen molar-refractivity contribution >= 4 is 46.5 Å². The molecule has 0 N–H and O–H groups in total. The third kappa shape index (κ3) is 4.81. The molecule has 6 rings (SSSR count). The maximum Gasteiger partial charge on any atom is 0.418 e. The van der Waals surface area contributed by atoms with Gasteiger partial charge < -0.3 is 9.64 Å². The summed E-state index contributed by atoms with van der Waals surface area (Å²) in [6.45, 7) is 0.993. The molecular formula is C29H26F3N3O5S2. The van der Waals surface area contributed by atoms with Gasteiger partial charge >= 0.3 is 11.0 Å². The first-order valence-corrected chi connectivity index (χ1v) is 15.2. The summed E-state index contributed by atoms with van der Waals surface area (Å²) in [6.07, 6.45) is -2.00. The van der Waals surface area contributed by atoms with Crippen molar-refractivity contribution < 1.29 is 32.3 Å². The molecule has 0 saturated carbocycles. The molecule has 0 aliphatic carbocycles. The molecule has 2 saturated heterocycles. The van der Waals surface area contributed by atoms with Crippen LogP contribution in [0.25, 0.3) is 0 Å². The third-order valence-corrected chi connectivity index (χ3v) is 10.6. The van der Waals surface area contributed by atoms with Gasteiger partial charge in [0, 0.05) is 23.9 Å². The van der Waals surface area contributed by atoms with Gasteiger partial charge in [-0.15, -0.1) is 0 Å². The van der Waals surface area contributed by atoms with Crippen molar-refractivity contribution in [2.24, 2.45) is 5.92 Å². The quantitative estimate of drug-likeness (QED) is 0.385. The first-order chi connectivity index (χ1) is 20.1. The molecule has 42 heavy (non-hydrogen) atoms. The SMILES string of the molecule is COc1ccc(C2c3sc(=O)n(CC(=O)N4CCCCC4)c3SC3C(=O)N(c4ccccc4C(F)(F)F)C(=O)C32)cc1. The summed E-state index contributed by atoms with van der Waals surface area (Å²) in [7, 11) is 1.50. The number of ether oxygens (including phenoxy) is 1. The molecule has 2 fully saturated rings. The molecule has 13 heteroatoms. The Labute approximate surface area is 247 Å². The molecule has 220 valence electrons. The molecule has 3 unspecified atom stereocenters. The Bertz CT molecular complexity index is 1610. The van der Waals surface area contributed by atoms with Crippen LogP contribution in [0.4, 0.5) is 18.9 Å². The zero-order chi connectivity index (χ0) is 29.8. The number of fused-ring (bicyclic) bond motifs is 2. The number of para-hydroxylation sites is 1. The van der Waals surface area contributed by atoms with Crippen molar-refractivity contribution in [2.75, 3.05) is 25.1 Å². The average molecular weight is 618 g/mol. The highest BCUT2D eigenvalue weighted by atomic mass is 32.2. The van der Waals surface area contributed by atoms with E-state index >= 15 is 0 Å². The van der Waals surface area contributed by atoms with E-state index in [2.05, 4.69) is 0 Å². The Kier molecular flexibility index (Phi) is 7.42. The molecule has 3 aliphatic heterocycles. The van der Waals surface area contributed by atoms with Gasteiger partial charge in [0.05, 0.1) is 29.3 Å². The maximum absolute atomic E-state index is 14.0. The van der Waals surface area contributed by atoms with E-state index in [1.807, 2.05) is 0 Å². The van der Waals surface area contributed by atoms with Gasteiger partial charge in [-0.25, -0.2) is 4.90 Å². The van der Waals surface area contributed by atoms with E-state index in [1.54, 1.807) is 29.2 Å². The molecule has 2 aromatic carbocycles. The topological polar surface area (TPSA) is 88.9 Å². The van der Waals surface area contributed by atoms with Gasteiger partial charge in [-0.2, -0.15) is 13.2 Å². The standard InChI is InChI=1S/C29H26F3N3O5S2/c1-40-17-11-9-16(10-12-17)21-22-23(26(38)35(25(22)37)19-8-4-3-7-18(19)29(30,31)32)41-27-24(21)42-28(39)34(27)15-20(36)33-13-5-2-6-14-33/h3-4,7-12,21-23H,2,5-6,13-15H2,1H3. The van der Waals surface area contributed by atoms with Gasteiger partial charge in [-0.05, 0) is 49.1 Å². The van der Waals surface area contributed by atoms with Gasteiger partial charge in [-0.3, -0.25) is 23.7 Å². The molecular weight excluding hydrogens is 591 g/mol. The lowest BCUT2D eigenvalue weighted by molar-refractivity contribution is -0.137. The minimum absolute atomic E-state index is 0.212. The van der Waals surface area contributed by atoms with Crippen LogP contribution >= 0.6 is 23.1 Å². The number of alkyl halides is 3. The lowest BCUT2D eigenvalue weighted by atomic mass is 9.83. The minimum Gasteiger partial charge on any atom is -0.497 e. The summed E-state index contributed by atoms with van der Waals surface area (Å²) in [5, 5.41) is -0.701. The molecule has 0 radical (unpaired) electrons. The van der Waals surface area contributed by atoms with Crippen LogP contribution in [0.3, 0.4) is 0 Å². The number of aromatic nitrogens is 1. The summed E-state index contributed by atoms with van der Waals surface area (Å²) in [5.41, 5.74) is -1.00. The summed E-state index contributed by atoms with van der Waals surface area (Å²) in [6, 6.07) is 11.3. The second-order valence-electron chi connectivity index (χ2n) is 10.4. The summed E-state index contributed by atoms with van der Waals surface area (Å²) in [5.74, 6) is -3.07. The molecule has 0 spiro atoms. The normalized spacial score (nSPS) is 22.2. The Morgan fingerprint density at radius 2 is 1.67 bits per heavy atom. The van der Waals surface area contributed by atoms with E-state index in [-0.39, 0.29) is 12.5 Å². The van der Waals surface area contributed by atoms with Gasteiger partial charge in [0.25, 0.3) is 0 Å². The Balaban J connectivity index is 1.45. The number of thioether (sulfide) groups is 1. The number of carbonyl (C=O) groups excluding carboxylic acids is 3. The number of nitrogens with zero attached hydrogens (tertiary/aromatic N) is 3. The maximum atomic E-state index is 14.0. The summed E-state index contributed by atoms with van der Waals surface area (Å²) in [4.78, 5) is 56.7. The number of benzene rings is 2. The second kappa shape index (κ2) is 10.9. The summed E-state index contributed by atoms with van der Waals surface area (Å²) < 4.78 is 48.4. The smallest absolute Gasteiger partial charge is 0.418 e. The molecule has 1 aromatic heterocycles. The van der Waals surface area contributed by atoms with Crippen LogP contribution in [0.2, 0.25) is 0 Å². The van der Waals surface area contributed by atoms with Crippen LogP contribution in [0.15, 0.2) is 58.4 Å². The fraction of sp³-hybridized carbons (Fsp3) is 0.379. The van der Waals surface area contributed by atoms with Gasteiger partial charge in [-0.1, -0.05) is 47.4 Å². The zero-order valence-corrected chi connectivity index (χ0v) is 24.1. The molecule has 3 aliphatic rings. The number of hydrogen-bond acceptors (Lipinski definition) is 7. The number of rotatable bonds is 5. The first-order valence-electron chi connectivity index (χ1n) is 13.5. The number of hydrogen-bond donors (Lipinski definition) is 0. The van der Waals surface area contributed by atoms with Gasteiger partial charge in [0.15, 0.2) is 0 Å². The van der Waals surface area contributed by atoms with E-state index in [1.165, 1.54) is 23.8 Å². The molecule has 3 atom stereocenters. The number of amides is 3. The van der Waals surface area contributed by atoms with Crippen LogP contribution in [0.1, 0.15) is 41.2 Å². The predicted molar refractivity (Wildman–Crippen MR) is 151 cm³/mol. The number of likely N-dealkylation sites (tertiary alicyclic amines) is 1. The van der Waals surface area contributed by atoms with Crippen LogP contribution in [0, 0.1) is 5.92 Å². The average Bonchev–Trinajstić information content (AvgIpc) is 3.43. The fourth-order valence-corrected chi connectivity index (χ4v) is 8.72. The molecule has 4 heterocycles. The zero-order valence-electron chi connectivity index (χ0n) is 22.4. The van der Waals surface area contributed by atoms with Crippen molar-refractivity contribution in [1.82, 2.24) is 9.47 Å². The van der Waals surface area contributed by atoms with E-state index in [0.717, 1.165) is 54.5 Å². The monoisotopic (exact) mass is 617 g/mol. The van der Waals surface area contributed by atoms with Crippen LogP contribution < -0.4 is 14.5 Å². The Morgan fingerprint density at radius 3 is 2.33 bits per heavy atom. The van der Waals surface area contributed by atoms with Crippen molar-refractivity contribution in [1.29, 1.82) is 0 Å². The minimum atomic E-state index is -4.79. The third-order valence-electron chi connectivity index (χ3n) is 7.98. The number of imide groups is 1. The highest BCUT2D eigenvalue weighted by molar-refractivity contribution is 8.00. The van der Waals surface area contributed by atoms with E-state index < -0.39 is 51.2 Å². The van der Waals surface area contributed by atoms with Gasteiger partial charge in [0.2, 0.25) is 17.7 Å². The lowest BCUT2D eigenvalue weighted by Crippen LogP contribution is -2.39. The largest absolute Gasteiger partial charge is 0.497 e. The number of piperidine rings is 1. The second-order valence-corrected chi connectivity index (χ2v) is 12.5. The van der Waals surface area contributed by atoms with Crippen molar-refractivity contribution in [3.05, 3.63) is 74.2 Å². The summed E-state index contributed by atoms with van der Waals surface area (Å²) >= 11 is 1.88. The Hall–Kier alpha value is -3.58. The van der Waals surface area contributed by atoms with Crippen LogP contribution in [-0.2, 0) is 27.1 Å². The molecule has 3 amide bonds. The van der Waals surface area contributed by atoms with Gasteiger partial charge in [0.1, 0.15) is 17.5 Å². The Morgan fingerprint density at radius 1 is 0.976 bits per heavy atom. The highest BCUT2D eigenvalue weighted by Gasteiger charge is 2.57. The number of thiazole rings is 1. The van der Waals surface area contributed by atoms with Crippen LogP contribution in [-0.4, -0.2) is 52.6 Å². The van der Waals surface area contributed by atoms with Crippen molar-refractivity contribution in [2.45, 2.75) is 48.2 Å². The first kappa shape index (κ1) is 28.5. The highest BCUT2D eigenvalue weighted by Crippen LogP contribution is 2.54. The molecule has 8 nitrogen and oxygen atoms in total. The van der Waals surface area contributed by atoms with E-state index in [9.17, 15) is 32.3 Å². The number of methoxy groups -OCH3 is 1. The van der Waals surface area contributed by atoms with Crippen LogP contribution in [0.5, 0.6) is 5.75 Å². The fourth-order valence-electron chi connectivity index (χ4n) is 5.95. The number of halogens is 3. The predicted octanol–water partition coefficient (Wildman–Crippen LogP) is 4.75. The van der Waals surface area contributed by atoms with E-state index in [0.29, 0.717) is 39.2 Å². The molecule has 3 aromatic rings. The lowest BCUT2D eigenvalue weighted by Gasteiger charge is -2.31.